The molecule has 0 bridgehead atoms. The minimum Gasteiger partial charge on any atom is -0.361 e. The molecule has 176 valence electrons. The number of carbonyl (C=O) groups is 1. The third kappa shape index (κ3) is 3.93. The predicted octanol–water partition coefficient (Wildman–Crippen LogP) is 5.33. The number of amides is 1. The highest BCUT2D eigenvalue weighted by molar-refractivity contribution is 6.00. The SMILES string of the molecule is CCCc1cc([C@H]2CCCN2C(=O)c2cnn3c(C(F)(F)F)cc(-c4ccccc4)nc23)no1. The highest BCUT2D eigenvalue weighted by Gasteiger charge is 2.38. The van der Waals surface area contributed by atoms with Gasteiger partial charge in [-0.25, -0.2) is 9.50 Å². The summed E-state index contributed by atoms with van der Waals surface area (Å²) in [6.45, 7) is 2.49. The van der Waals surface area contributed by atoms with Gasteiger partial charge < -0.3 is 9.42 Å². The molecule has 0 aliphatic carbocycles. The van der Waals surface area contributed by atoms with Crippen LogP contribution in [-0.4, -0.2) is 37.1 Å². The Kier molecular flexibility index (Phi) is 5.59. The van der Waals surface area contributed by atoms with Crippen molar-refractivity contribution in [1.82, 2.24) is 24.7 Å². The molecule has 1 amide bonds. The number of fused-ring (bicyclic) bond motifs is 1. The van der Waals surface area contributed by atoms with E-state index < -0.39 is 17.8 Å². The predicted molar refractivity (Wildman–Crippen MR) is 117 cm³/mol. The minimum absolute atomic E-state index is 0.0208. The number of aromatic nitrogens is 4. The molecule has 3 aromatic heterocycles. The third-order valence-corrected chi connectivity index (χ3v) is 5.99. The Labute approximate surface area is 193 Å². The second-order valence-corrected chi connectivity index (χ2v) is 8.31. The Bertz CT molecular complexity index is 1330. The zero-order valence-electron chi connectivity index (χ0n) is 18.4. The first kappa shape index (κ1) is 22.1. The van der Waals surface area contributed by atoms with Gasteiger partial charge in [0.25, 0.3) is 5.91 Å². The van der Waals surface area contributed by atoms with Gasteiger partial charge in [0.1, 0.15) is 17.0 Å². The molecule has 0 radical (unpaired) electrons. The van der Waals surface area contributed by atoms with Crippen LogP contribution in [-0.2, 0) is 12.6 Å². The van der Waals surface area contributed by atoms with Crippen LogP contribution >= 0.6 is 0 Å². The number of benzene rings is 1. The normalized spacial score (nSPS) is 16.5. The van der Waals surface area contributed by atoms with Gasteiger partial charge in [0, 0.05) is 24.6 Å². The lowest BCUT2D eigenvalue weighted by Crippen LogP contribution is -2.30. The molecular formula is C24H22F3N5O2. The summed E-state index contributed by atoms with van der Waals surface area (Å²) in [7, 11) is 0. The molecule has 0 N–H and O–H groups in total. The third-order valence-electron chi connectivity index (χ3n) is 5.99. The maximum absolute atomic E-state index is 13.9. The lowest BCUT2D eigenvalue weighted by atomic mass is 10.1. The molecule has 1 saturated heterocycles. The van der Waals surface area contributed by atoms with Crippen LogP contribution in [0, 0.1) is 0 Å². The van der Waals surface area contributed by atoms with E-state index in [9.17, 15) is 18.0 Å². The van der Waals surface area contributed by atoms with Crippen molar-refractivity contribution in [3.8, 4) is 11.3 Å². The summed E-state index contributed by atoms with van der Waals surface area (Å²) >= 11 is 0. The van der Waals surface area contributed by atoms with Crippen LogP contribution in [0.2, 0.25) is 0 Å². The molecule has 34 heavy (non-hydrogen) atoms. The molecule has 4 heterocycles. The second-order valence-electron chi connectivity index (χ2n) is 8.31. The van der Waals surface area contributed by atoms with Crippen molar-refractivity contribution in [3.63, 3.8) is 0 Å². The van der Waals surface area contributed by atoms with Gasteiger partial charge in [-0.2, -0.15) is 18.3 Å². The zero-order chi connectivity index (χ0) is 23.9. The first-order valence-corrected chi connectivity index (χ1v) is 11.1. The van der Waals surface area contributed by atoms with E-state index in [1.807, 2.05) is 13.0 Å². The van der Waals surface area contributed by atoms with Crippen LogP contribution in [0.3, 0.4) is 0 Å². The van der Waals surface area contributed by atoms with E-state index in [1.165, 1.54) is 0 Å². The van der Waals surface area contributed by atoms with Gasteiger partial charge in [0.15, 0.2) is 11.3 Å². The van der Waals surface area contributed by atoms with E-state index in [2.05, 4.69) is 15.2 Å². The Hall–Kier alpha value is -3.69. The zero-order valence-corrected chi connectivity index (χ0v) is 18.4. The summed E-state index contributed by atoms with van der Waals surface area (Å²) in [4.78, 5) is 19.6. The number of rotatable bonds is 5. The maximum atomic E-state index is 13.9. The fourth-order valence-electron chi connectivity index (χ4n) is 4.39. The first-order chi connectivity index (χ1) is 16.4. The fourth-order valence-corrected chi connectivity index (χ4v) is 4.39. The lowest BCUT2D eigenvalue weighted by molar-refractivity contribution is -0.142. The number of halogens is 3. The molecule has 7 nitrogen and oxygen atoms in total. The molecule has 1 atom stereocenters. The molecule has 4 aromatic rings. The van der Waals surface area contributed by atoms with Crippen LogP contribution in [0.1, 0.15) is 59.7 Å². The molecule has 0 unspecified atom stereocenters. The summed E-state index contributed by atoms with van der Waals surface area (Å²) < 4.78 is 47.7. The number of alkyl halides is 3. The Morgan fingerprint density at radius 1 is 1.21 bits per heavy atom. The van der Waals surface area contributed by atoms with E-state index >= 15 is 0 Å². The van der Waals surface area contributed by atoms with Gasteiger partial charge >= 0.3 is 6.18 Å². The molecule has 1 fully saturated rings. The number of likely N-dealkylation sites (tertiary alicyclic amines) is 1. The van der Waals surface area contributed by atoms with Crippen LogP contribution < -0.4 is 0 Å². The topological polar surface area (TPSA) is 76.5 Å². The van der Waals surface area contributed by atoms with E-state index in [0.29, 0.717) is 28.7 Å². The van der Waals surface area contributed by atoms with Crippen molar-refractivity contribution < 1.29 is 22.5 Å². The van der Waals surface area contributed by atoms with Crippen molar-refractivity contribution in [2.45, 2.75) is 44.8 Å². The number of hydrogen-bond acceptors (Lipinski definition) is 5. The van der Waals surface area contributed by atoms with Gasteiger partial charge in [-0.1, -0.05) is 42.4 Å². The molecular weight excluding hydrogens is 447 g/mol. The standard InChI is InChI=1S/C24H22F3N5O2/c1-2-7-16-12-19(30-34-16)20-10-6-11-31(20)23(33)17-14-28-32-21(24(25,26)27)13-18(29-22(17)32)15-8-4-3-5-9-15/h3-5,8-9,12-14,20H,2,6-7,10-11H2,1H3/t20-/m1/s1. The summed E-state index contributed by atoms with van der Waals surface area (Å²) in [6.07, 6.45) is -0.421. The number of aryl methyl sites for hydroxylation is 1. The summed E-state index contributed by atoms with van der Waals surface area (Å²) in [5, 5.41) is 8.03. The van der Waals surface area contributed by atoms with Gasteiger partial charge in [-0.3, -0.25) is 4.79 Å². The molecule has 0 saturated carbocycles. The molecule has 1 aliphatic rings. The van der Waals surface area contributed by atoms with Crippen LogP contribution in [0.5, 0.6) is 0 Å². The number of nitrogens with zero attached hydrogens (tertiary/aromatic N) is 5. The van der Waals surface area contributed by atoms with E-state index in [1.54, 1.807) is 35.2 Å². The highest BCUT2D eigenvalue weighted by atomic mass is 19.4. The molecule has 5 rings (SSSR count). The highest BCUT2D eigenvalue weighted by Crippen LogP contribution is 2.36. The smallest absolute Gasteiger partial charge is 0.361 e. The van der Waals surface area contributed by atoms with Crippen molar-refractivity contribution in [3.05, 3.63) is 71.4 Å². The quantitative estimate of drug-likeness (QED) is 0.395. The van der Waals surface area contributed by atoms with Gasteiger partial charge in [-0.15, -0.1) is 0 Å². The fraction of sp³-hybridized carbons (Fsp3) is 0.333. The van der Waals surface area contributed by atoms with E-state index in [0.717, 1.165) is 37.3 Å². The van der Waals surface area contributed by atoms with Gasteiger partial charge in [-0.05, 0) is 25.3 Å². The van der Waals surface area contributed by atoms with E-state index in [-0.39, 0.29) is 22.9 Å². The Balaban J connectivity index is 1.57. The molecule has 10 heteroatoms. The first-order valence-electron chi connectivity index (χ1n) is 11.1. The van der Waals surface area contributed by atoms with Crippen molar-refractivity contribution >= 4 is 11.6 Å². The van der Waals surface area contributed by atoms with Crippen LogP contribution in [0.4, 0.5) is 13.2 Å². The summed E-state index contributed by atoms with van der Waals surface area (Å²) in [5.74, 6) is 0.320. The second kappa shape index (κ2) is 8.58. The molecule has 1 aromatic carbocycles. The van der Waals surface area contributed by atoms with Crippen LogP contribution in [0.15, 0.2) is 53.2 Å². The molecule has 1 aliphatic heterocycles. The van der Waals surface area contributed by atoms with Gasteiger partial charge in [0.05, 0.1) is 17.9 Å². The largest absolute Gasteiger partial charge is 0.433 e. The average Bonchev–Trinajstić information content (AvgIpc) is 3.57. The van der Waals surface area contributed by atoms with Crippen LogP contribution in [0.25, 0.3) is 16.9 Å². The summed E-state index contributed by atoms with van der Waals surface area (Å²) in [5.41, 5.74) is 0.186. The Morgan fingerprint density at radius 3 is 2.74 bits per heavy atom. The van der Waals surface area contributed by atoms with Gasteiger partial charge in [0.2, 0.25) is 0 Å². The van der Waals surface area contributed by atoms with Crippen molar-refractivity contribution in [2.75, 3.05) is 6.54 Å². The Morgan fingerprint density at radius 2 is 2.00 bits per heavy atom. The van der Waals surface area contributed by atoms with Crippen molar-refractivity contribution in [1.29, 1.82) is 0 Å². The average molecular weight is 469 g/mol. The minimum atomic E-state index is -4.68. The number of carbonyl (C=O) groups excluding carboxylic acids is 1. The number of hydrogen-bond donors (Lipinski definition) is 0. The maximum Gasteiger partial charge on any atom is 0.433 e. The summed E-state index contributed by atoms with van der Waals surface area (Å²) in [6, 6.07) is 11.0. The monoisotopic (exact) mass is 469 g/mol. The molecule has 0 spiro atoms. The lowest BCUT2D eigenvalue weighted by Gasteiger charge is -2.22. The van der Waals surface area contributed by atoms with Crippen molar-refractivity contribution in [2.24, 2.45) is 0 Å². The van der Waals surface area contributed by atoms with E-state index in [4.69, 9.17) is 4.52 Å².